The van der Waals surface area contributed by atoms with E-state index in [0.29, 0.717) is 0 Å². The molecule has 0 fully saturated rings. The van der Waals surface area contributed by atoms with Crippen molar-refractivity contribution in [3.8, 4) is 5.75 Å². The molecule has 0 spiro atoms. The van der Waals surface area contributed by atoms with Crippen LogP contribution >= 0.6 is 0 Å². The van der Waals surface area contributed by atoms with Crippen LogP contribution in [0, 0.1) is 0 Å². The van der Waals surface area contributed by atoms with E-state index in [-0.39, 0.29) is 18.8 Å². The zero-order valence-electron chi connectivity index (χ0n) is 11.2. The van der Waals surface area contributed by atoms with Crippen LogP contribution in [0.2, 0.25) is 0 Å². The van der Waals surface area contributed by atoms with Crippen LogP contribution in [0.15, 0.2) is 24.3 Å². The first-order valence-electron chi connectivity index (χ1n) is 6.30. The van der Waals surface area contributed by atoms with Crippen LogP contribution in [-0.4, -0.2) is 29.6 Å². The number of benzene rings is 1. The molecule has 1 amide bonds. The number of esters is 1. The molecule has 0 saturated carbocycles. The summed E-state index contributed by atoms with van der Waals surface area (Å²) >= 11 is 0. The Kier molecular flexibility index (Phi) is 4.58. The van der Waals surface area contributed by atoms with E-state index in [2.05, 4.69) is 5.32 Å². The van der Waals surface area contributed by atoms with Crippen LogP contribution in [0.25, 0.3) is 0 Å². The van der Waals surface area contributed by atoms with Crippen LogP contribution in [0.4, 0.5) is 0 Å². The lowest BCUT2D eigenvalue weighted by atomic mass is 10.1. The van der Waals surface area contributed by atoms with Gasteiger partial charge in [-0.25, -0.2) is 4.79 Å². The van der Waals surface area contributed by atoms with Gasteiger partial charge in [-0.15, -0.1) is 0 Å². The zero-order chi connectivity index (χ0) is 14.3. The number of ether oxygens (including phenoxy) is 1. The highest BCUT2D eigenvalue weighted by atomic mass is 16.5. The quantitative estimate of drug-likeness (QED) is 0.767. The van der Waals surface area contributed by atoms with Gasteiger partial charge in [0.1, 0.15) is 11.8 Å². The van der Waals surface area contributed by atoms with Gasteiger partial charge in [-0.3, -0.25) is 4.79 Å². The van der Waals surface area contributed by atoms with Crippen molar-refractivity contribution in [2.24, 2.45) is 0 Å². The molecule has 5 heteroatoms. The number of carbonyl (C=O) groups is 2. The van der Waals surface area contributed by atoms with Crippen LogP contribution in [0.3, 0.4) is 0 Å². The number of hydrogen-bond donors (Lipinski definition) is 2. The number of carbonyl (C=O) groups excluding carboxylic acids is 2. The van der Waals surface area contributed by atoms with E-state index in [1.165, 1.54) is 12.1 Å². The van der Waals surface area contributed by atoms with E-state index in [1.807, 2.05) is 0 Å². The van der Waals surface area contributed by atoms with Crippen molar-refractivity contribution >= 4 is 11.9 Å². The Morgan fingerprint density at radius 1 is 1.44 bits per heavy atom. The van der Waals surface area contributed by atoms with Crippen molar-refractivity contribution < 1.29 is 20.8 Å². The summed E-state index contributed by atoms with van der Waals surface area (Å²) in [7, 11) is 0. The summed E-state index contributed by atoms with van der Waals surface area (Å²) < 4.78 is 11.8. The Balaban J connectivity index is 2.75. The first-order chi connectivity index (χ1) is 9.06. The van der Waals surface area contributed by atoms with Gasteiger partial charge in [-0.05, 0) is 24.6 Å². The Morgan fingerprint density at radius 3 is 2.67 bits per heavy atom. The molecule has 0 aromatic heterocycles. The molecule has 0 aliphatic rings. The van der Waals surface area contributed by atoms with Gasteiger partial charge in [0.05, 0.1) is 6.61 Å². The number of amides is 1. The predicted molar refractivity (Wildman–Crippen MR) is 66.0 cm³/mol. The molecule has 2 N–H and O–H groups in total. The SMILES string of the molecule is [2H]CC(=O)N[C@@H](Cc1ccc(O)cc1)C(=O)OCC. The normalized spacial score (nSPS) is 12.4. The lowest BCUT2D eigenvalue weighted by molar-refractivity contribution is -0.147. The fraction of sp³-hybridized carbons (Fsp3) is 0.385. The van der Waals surface area contributed by atoms with E-state index < -0.39 is 24.8 Å². The van der Waals surface area contributed by atoms with E-state index in [0.717, 1.165) is 5.56 Å². The third-order valence-electron chi connectivity index (χ3n) is 2.28. The van der Waals surface area contributed by atoms with Gasteiger partial charge < -0.3 is 15.2 Å². The van der Waals surface area contributed by atoms with Gasteiger partial charge in [0, 0.05) is 14.7 Å². The minimum Gasteiger partial charge on any atom is -0.508 e. The zero-order valence-corrected chi connectivity index (χ0v) is 10.2. The highest BCUT2D eigenvalue weighted by Gasteiger charge is 2.20. The highest BCUT2D eigenvalue weighted by Crippen LogP contribution is 2.11. The lowest BCUT2D eigenvalue weighted by Gasteiger charge is -2.16. The topological polar surface area (TPSA) is 75.6 Å². The van der Waals surface area contributed by atoms with Gasteiger partial charge in [0.15, 0.2) is 0 Å². The fourth-order valence-corrected chi connectivity index (χ4v) is 1.50. The minimum absolute atomic E-state index is 0.131. The van der Waals surface area contributed by atoms with Crippen LogP contribution in [0.5, 0.6) is 5.75 Å². The van der Waals surface area contributed by atoms with Gasteiger partial charge in [0.2, 0.25) is 5.91 Å². The number of nitrogens with one attached hydrogen (secondary N) is 1. The van der Waals surface area contributed by atoms with Gasteiger partial charge in [-0.1, -0.05) is 12.1 Å². The molecule has 0 heterocycles. The van der Waals surface area contributed by atoms with E-state index >= 15 is 0 Å². The summed E-state index contributed by atoms with van der Waals surface area (Å²) in [5, 5.41) is 11.6. The maximum atomic E-state index is 11.7. The molecule has 18 heavy (non-hydrogen) atoms. The molecule has 0 aliphatic carbocycles. The van der Waals surface area contributed by atoms with Crippen molar-refractivity contribution in [3.63, 3.8) is 0 Å². The molecule has 5 nitrogen and oxygen atoms in total. The van der Waals surface area contributed by atoms with Gasteiger partial charge >= 0.3 is 5.97 Å². The van der Waals surface area contributed by atoms with E-state index in [4.69, 9.17) is 6.11 Å². The number of phenols is 1. The summed E-state index contributed by atoms with van der Waals surface area (Å²) in [4.78, 5) is 22.9. The Bertz CT molecular complexity index is 433. The summed E-state index contributed by atoms with van der Waals surface area (Å²) in [5.41, 5.74) is 0.779. The van der Waals surface area contributed by atoms with E-state index in [9.17, 15) is 14.7 Å². The molecule has 1 aromatic rings. The molecular formula is C13H17NO4. The monoisotopic (exact) mass is 252 g/mol. The van der Waals surface area contributed by atoms with Crippen molar-refractivity contribution in [3.05, 3.63) is 29.8 Å². The molecule has 1 aromatic carbocycles. The van der Waals surface area contributed by atoms with Crippen LogP contribution < -0.4 is 5.32 Å². The maximum absolute atomic E-state index is 11.7. The first kappa shape index (κ1) is 12.4. The molecule has 0 unspecified atom stereocenters. The molecule has 1 rings (SSSR count). The van der Waals surface area contributed by atoms with Crippen molar-refractivity contribution in [1.29, 1.82) is 0 Å². The Hall–Kier alpha value is -2.04. The summed E-state index contributed by atoms with van der Waals surface area (Å²) in [5.74, 6) is -0.930. The fourth-order valence-electron chi connectivity index (χ4n) is 1.50. The summed E-state index contributed by atoms with van der Waals surface area (Å²) in [6.45, 7) is 1.47. The van der Waals surface area contributed by atoms with Crippen LogP contribution in [-0.2, 0) is 20.7 Å². The molecular weight excluding hydrogens is 234 g/mol. The predicted octanol–water partition coefficient (Wildman–Crippen LogP) is 1.00. The molecule has 1 atom stereocenters. The van der Waals surface area contributed by atoms with Crippen molar-refractivity contribution in [1.82, 2.24) is 5.32 Å². The third-order valence-corrected chi connectivity index (χ3v) is 2.28. The Morgan fingerprint density at radius 2 is 2.11 bits per heavy atom. The average molecular weight is 252 g/mol. The maximum Gasteiger partial charge on any atom is 0.328 e. The lowest BCUT2D eigenvalue weighted by Crippen LogP contribution is -2.42. The second kappa shape index (κ2) is 6.64. The second-order valence-corrected chi connectivity index (χ2v) is 3.74. The molecule has 0 saturated heterocycles. The number of aromatic hydroxyl groups is 1. The smallest absolute Gasteiger partial charge is 0.328 e. The minimum atomic E-state index is -0.817. The standard InChI is InChI=1S/C13H17NO4/c1-3-18-13(17)12(14-9(2)15)8-10-4-6-11(16)7-5-10/h4-7,12,16H,3,8H2,1-2H3,(H,14,15)/t12-/m0/s1/i2D. The summed E-state index contributed by atoms with van der Waals surface area (Å²) in [6.07, 6.45) is 0.255. The first-order valence-corrected chi connectivity index (χ1v) is 5.60. The molecule has 98 valence electrons. The molecule has 0 radical (unpaired) electrons. The highest BCUT2D eigenvalue weighted by molar-refractivity contribution is 5.83. The van der Waals surface area contributed by atoms with Crippen LogP contribution in [0.1, 0.15) is 20.8 Å². The Labute approximate surface area is 107 Å². The van der Waals surface area contributed by atoms with Crippen molar-refractivity contribution in [2.45, 2.75) is 26.3 Å². The molecule has 0 bridgehead atoms. The summed E-state index contributed by atoms with van der Waals surface area (Å²) in [6, 6.07) is 5.51. The molecule has 0 aliphatic heterocycles. The van der Waals surface area contributed by atoms with Gasteiger partial charge in [-0.2, -0.15) is 0 Å². The van der Waals surface area contributed by atoms with Gasteiger partial charge in [0.25, 0.3) is 0 Å². The average Bonchev–Trinajstić information content (AvgIpc) is 2.40. The number of hydrogen-bond acceptors (Lipinski definition) is 4. The number of phenolic OH excluding ortho intramolecular Hbond substituents is 1. The second-order valence-electron chi connectivity index (χ2n) is 3.74. The van der Waals surface area contributed by atoms with E-state index in [1.54, 1.807) is 19.1 Å². The number of rotatable bonds is 5. The largest absolute Gasteiger partial charge is 0.508 e. The van der Waals surface area contributed by atoms with Crippen molar-refractivity contribution in [2.75, 3.05) is 6.61 Å². The third kappa shape index (κ3) is 4.45.